The fraction of sp³-hybridized carbons (Fsp3) is 0.286. The molecule has 6 nitrogen and oxygen atoms in total. The van der Waals surface area contributed by atoms with Crippen molar-refractivity contribution in [2.24, 2.45) is 17.9 Å². The minimum absolute atomic E-state index is 0.0987. The summed E-state index contributed by atoms with van der Waals surface area (Å²) in [6.07, 6.45) is 0. The number of benzene rings is 1. The standard InChI is InChI=1S/C14H17N5O/c1-9-12(13(15)17-20)14(18(2)16-9)19-7-10-5-3-4-6-11(10)8-19/h3-6,20H,7-8H2,1-2H3,(H2,15,17). The first-order valence-corrected chi connectivity index (χ1v) is 6.45. The number of nitrogens with zero attached hydrogens (tertiary/aromatic N) is 4. The average Bonchev–Trinajstić information content (AvgIpc) is 2.97. The van der Waals surface area contributed by atoms with Gasteiger partial charge in [0.25, 0.3) is 0 Å². The molecule has 20 heavy (non-hydrogen) atoms. The summed E-state index contributed by atoms with van der Waals surface area (Å²) in [7, 11) is 1.87. The van der Waals surface area contributed by atoms with Gasteiger partial charge in [-0.3, -0.25) is 4.68 Å². The highest BCUT2D eigenvalue weighted by molar-refractivity contribution is 6.02. The molecule has 6 heteroatoms. The van der Waals surface area contributed by atoms with Gasteiger partial charge in [-0.15, -0.1) is 0 Å². The molecule has 0 radical (unpaired) electrons. The smallest absolute Gasteiger partial charge is 0.175 e. The van der Waals surface area contributed by atoms with E-state index in [1.165, 1.54) is 11.1 Å². The molecule has 0 amide bonds. The fourth-order valence-corrected chi connectivity index (χ4v) is 2.84. The Bertz CT molecular complexity index is 664. The molecule has 1 aliphatic rings. The van der Waals surface area contributed by atoms with E-state index in [9.17, 15) is 0 Å². The van der Waals surface area contributed by atoms with Crippen LogP contribution in [0.3, 0.4) is 0 Å². The Morgan fingerprint density at radius 3 is 2.45 bits per heavy atom. The predicted octanol–water partition coefficient (Wildman–Crippen LogP) is 1.34. The van der Waals surface area contributed by atoms with Gasteiger partial charge in [0.15, 0.2) is 5.84 Å². The quantitative estimate of drug-likeness (QED) is 0.374. The van der Waals surface area contributed by atoms with Gasteiger partial charge in [-0.25, -0.2) is 0 Å². The summed E-state index contributed by atoms with van der Waals surface area (Å²) in [5, 5.41) is 16.5. The Kier molecular flexibility index (Phi) is 2.85. The molecule has 2 aromatic rings. The van der Waals surface area contributed by atoms with Crippen LogP contribution in [0.25, 0.3) is 0 Å². The van der Waals surface area contributed by atoms with Crippen molar-refractivity contribution in [2.75, 3.05) is 4.90 Å². The molecule has 0 unspecified atom stereocenters. The molecule has 1 aromatic heterocycles. The molecular weight excluding hydrogens is 254 g/mol. The van der Waals surface area contributed by atoms with Crippen molar-refractivity contribution in [3.63, 3.8) is 0 Å². The van der Waals surface area contributed by atoms with Crippen molar-refractivity contribution in [3.05, 3.63) is 46.6 Å². The number of amidine groups is 1. The second-order valence-electron chi connectivity index (χ2n) is 5.02. The Morgan fingerprint density at radius 1 is 1.30 bits per heavy atom. The number of fused-ring (bicyclic) bond motifs is 1. The van der Waals surface area contributed by atoms with Crippen LogP contribution < -0.4 is 10.6 Å². The van der Waals surface area contributed by atoms with E-state index in [2.05, 4.69) is 27.3 Å². The van der Waals surface area contributed by atoms with Crippen molar-refractivity contribution in [2.45, 2.75) is 20.0 Å². The second-order valence-corrected chi connectivity index (χ2v) is 5.02. The zero-order valence-corrected chi connectivity index (χ0v) is 11.5. The molecule has 3 N–H and O–H groups in total. The molecule has 0 fully saturated rings. The number of anilines is 1. The van der Waals surface area contributed by atoms with Crippen LogP contribution in [0.2, 0.25) is 0 Å². The highest BCUT2D eigenvalue weighted by Crippen LogP contribution is 2.31. The van der Waals surface area contributed by atoms with Gasteiger partial charge in [-0.2, -0.15) is 5.10 Å². The van der Waals surface area contributed by atoms with Crippen LogP contribution in [0.15, 0.2) is 29.4 Å². The monoisotopic (exact) mass is 271 g/mol. The summed E-state index contributed by atoms with van der Waals surface area (Å²) in [5.41, 5.74) is 9.86. The summed E-state index contributed by atoms with van der Waals surface area (Å²) >= 11 is 0. The van der Waals surface area contributed by atoms with Gasteiger partial charge in [-0.1, -0.05) is 29.4 Å². The summed E-state index contributed by atoms with van der Waals surface area (Å²) in [6, 6.07) is 8.34. The largest absolute Gasteiger partial charge is 0.409 e. The number of oxime groups is 1. The lowest BCUT2D eigenvalue weighted by atomic mass is 10.1. The van der Waals surface area contributed by atoms with Gasteiger partial charge in [0.05, 0.1) is 11.3 Å². The van der Waals surface area contributed by atoms with E-state index in [1.807, 2.05) is 26.1 Å². The minimum Gasteiger partial charge on any atom is -0.409 e. The molecule has 0 atom stereocenters. The highest BCUT2D eigenvalue weighted by atomic mass is 16.4. The lowest BCUT2D eigenvalue weighted by Gasteiger charge is -2.19. The van der Waals surface area contributed by atoms with Gasteiger partial charge in [0.2, 0.25) is 0 Å². The van der Waals surface area contributed by atoms with Crippen molar-refractivity contribution in [1.82, 2.24) is 9.78 Å². The number of rotatable bonds is 2. The Balaban J connectivity index is 2.05. The van der Waals surface area contributed by atoms with Crippen LogP contribution in [-0.4, -0.2) is 20.8 Å². The zero-order chi connectivity index (χ0) is 14.3. The topological polar surface area (TPSA) is 79.7 Å². The molecule has 0 bridgehead atoms. The van der Waals surface area contributed by atoms with Gasteiger partial charge < -0.3 is 15.8 Å². The Morgan fingerprint density at radius 2 is 1.90 bits per heavy atom. The van der Waals surface area contributed by atoms with E-state index in [1.54, 1.807) is 4.68 Å². The third-order valence-corrected chi connectivity index (χ3v) is 3.70. The zero-order valence-electron chi connectivity index (χ0n) is 11.5. The number of hydrogen-bond acceptors (Lipinski definition) is 4. The van der Waals surface area contributed by atoms with Gasteiger partial charge >= 0.3 is 0 Å². The maximum absolute atomic E-state index is 8.97. The minimum atomic E-state index is 0.0987. The third kappa shape index (κ3) is 1.80. The molecule has 1 aliphatic heterocycles. The molecule has 0 spiro atoms. The number of nitrogens with two attached hydrogens (primary N) is 1. The molecule has 2 heterocycles. The maximum atomic E-state index is 8.97. The molecular formula is C14H17N5O. The van der Waals surface area contributed by atoms with Crippen LogP contribution in [0.4, 0.5) is 5.82 Å². The molecule has 104 valence electrons. The normalized spacial score (nSPS) is 14.7. The SMILES string of the molecule is Cc1nn(C)c(N2Cc3ccccc3C2)c1C(N)=NO. The van der Waals surface area contributed by atoms with E-state index < -0.39 is 0 Å². The molecule has 1 aromatic carbocycles. The molecule has 0 aliphatic carbocycles. The lowest BCUT2D eigenvalue weighted by Crippen LogP contribution is -2.23. The first kappa shape index (κ1) is 12.5. The van der Waals surface area contributed by atoms with Crippen molar-refractivity contribution >= 4 is 11.7 Å². The van der Waals surface area contributed by atoms with Crippen LogP contribution in [0.5, 0.6) is 0 Å². The van der Waals surface area contributed by atoms with E-state index >= 15 is 0 Å². The van der Waals surface area contributed by atoms with Crippen molar-refractivity contribution in [1.29, 1.82) is 0 Å². The van der Waals surface area contributed by atoms with E-state index in [0.29, 0.717) is 5.56 Å². The second kappa shape index (κ2) is 4.56. The van der Waals surface area contributed by atoms with Gasteiger partial charge in [-0.05, 0) is 18.1 Å². The third-order valence-electron chi connectivity index (χ3n) is 3.70. The molecule has 0 saturated heterocycles. The molecule has 3 rings (SSSR count). The van der Waals surface area contributed by atoms with Crippen LogP contribution in [-0.2, 0) is 20.1 Å². The Hall–Kier alpha value is -2.50. The first-order chi connectivity index (χ1) is 9.61. The van der Waals surface area contributed by atoms with E-state index in [4.69, 9.17) is 10.9 Å². The fourth-order valence-electron chi connectivity index (χ4n) is 2.84. The summed E-state index contributed by atoms with van der Waals surface area (Å²) in [6.45, 7) is 3.47. The number of hydrogen-bond donors (Lipinski definition) is 2. The predicted molar refractivity (Wildman–Crippen MR) is 76.8 cm³/mol. The van der Waals surface area contributed by atoms with E-state index in [-0.39, 0.29) is 5.84 Å². The first-order valence-electron chi connectivity index (χ1n) is 6.45. The maximum Gasteiger partial charge on any atom is 0.175 e. The Labute approximate surface area is 117 Å². The summed E-state index contributed by atoms with van der Waals surface area (Å²) in [4.78, 5) is 2.19. The van der Waals surface area contributed by atoms with Crippen LogP contribution in [0.1, 0.15) is 22.4 Å². The van der Waals surface area contributed by atoms with E-state index in [0.717, 1.165) is 24.6 Å². The number of aryl methyl sites for hydroxylation is 2. The lowest BCUT2D eigenvalue weighted by molar-refractivity contribution is 0.318. The molecule has 0 saturated carbocycles. The summed E-state index contributed by atoms with van der Waals surface area (Å²) in [5.74, 6) is 0.982. The van der Waals surface area contributed by atoms with Gasteiger partial charge in [0.1, 0.15) is 5.82 Å². The van der Waals surface area contributed by atoms with Crippen molar-refractivity contribution in [3.8, 4) is 0 Å². The average molecular weight is 271 g/mol. The van der Waals surface area contributed by atoms with Crippen LogP contribution >= 0.6 is 0 Å². The number of aromatic nitrogens is 2. The van der Waals surface area contributed by atoms with Crippen molar-refractivity contribution < 1.29 is 5.21 Å². The summed E-state index contributed by atoms with van der Waals surface area (Å²) < 4.78 is 1.79. The highest BCUT2D eigenvalue weighted by Gasteiger charge is 2.26. The van der Waals surface area contributed by atoms with Gasteiger partial charge in [0, 0.05) is 20.1 Å². The van der Waals surface area contributed by atoms with Crippen LogP contribution in [0, 0.1) is 6.92 Å².